The minimum Gasteiger partial charge on any atom is -0.482 e. The molecule has 2 N–H and O–H groups in total. The van der Waals surface area contributed by atoms with Gasteiger partial charge in [0.15, 0.2) is 6.61 Å². The van der Waals surface area contributed by atoms with Crippen molar-refractivity contribution < 1.29 is 14.3 Å². The Morgan fingerprint density at radius 2 is 2.04 bits per heavy atom. The summed E-state index contributed by atoms with van der Waals surface area (Å²) in [6.07, 6.45) is 3.35. The summed E-state index contributed by atoms with van der Waals surface area (Å²) in [5, 5.41) is 6.19. The van der Waals surface area contributed by atoms with Crippen LogP contribution >= 0.6 is 0 Å². The lowest BCUT2D eigenvalue weighted by Crippen LogP contribution is -2.44. The van der Waals surface area contributed by atoms with Crippen LogP contribution in [0.2, 0.25) is 0 Å². The third-order valence-electron chi connectivity index (χ3n) is 5.30. The van der Waals surface area contributed by atoms with Crippen LogP contribution in [0, 0.1) is 5.41 Å². The van der Waals surface area contributed by atoms with Crippen molar-refractivity contribution in [2.75, 3.05) is 38.1 Å². The van der Waals surface area contributed by atoms with Gasteiger partial charge in [0.25, 0.3) is 11.8 Å². The monoisotopic (exact) mass is 315 g/mol. The summed E-state index contributed by atoms with van der Waals surface area (Å²) in [5.74, 6) is 0.472. The number of nitrogens with one attached hydrogen (secondary N) is 2. The summed E-state index contributed by atoms with van der Waals surface area (Å²) in [4.78, 5) is 26.1. The highest BCUT2D eigenvalue weighted by Crippen LogP contribution is 2.37. The Morgan fingerprint density at radius 1 is 1.22 bits per heavy atom. The molecule has 122 valence electrons. The van der Waals surface area contributed by atoms with E-state index in [1.807, 2.05) is 4.90 Å². The first-order chi connectivity index (χ1) is 11.2. The quantitative estimate of drug-likeness (QED) is 0.818. The fourth-order valence-corrected chi connectivity index (χ4v) is 3.81. The Labute approximate surface area is 135 Å². The number of piperidine rings is 1. The maximum absolute atomic E-state index is 12.7. The molecule has 1 spiro atoms. The Morgan fingerprint density at radius 3 is 2.78 bits per heavy atom. The molecule has 0 aromatic heterocycles. The summed E-state index contributed by atoms with van der Waals surface area (Å²) in [5.41, 5.74) is 1.59. The lowest BCUT2D eigenvalue weighted by molar-refractivity contribution is -0.118. The second-order valence-electron chi connectivity index (χ2n) is 6.77. The smallest absolute Gasteiger partial charge is 0.262 e. The number of amides is 2. The molecule has 0 atom stereocenters. The normalized spacial score (nSPS) is 22.4. The van der Waals surface area contributed by atoms with Gasteiger partial charge in [-0.3, -0.25) is 9.59 Å². The van der Waals surface area contributed by atoms with Crippen molar-refractivity contribution in [2.24, 2.45) is 5.41 Å². The maximum atomic E-state index is 12.7. The lowest BCUT2D eigenvalue weighted by atomic mass is 9.78. The molecule has 1 aromatic carbocycles. The molecule has 0 unspecified atom stereocenters. The van der Waals surface area contributed by atoms with Gasteiger partial charge in [0.05, 0.1) is 5.69 Å². The van der Waals surface area contributed by atoms with E-state index in [0.29, 0.717) is 22.4 Å². The number of benzene rings is 1. The van der Waals surface area contributed by atoms with Crippen LogP contribution in [-0.2, 0) is 4.79 Å². The maximum Gasteiger partial charge on any atom is 0.262 e. The number of fused-ring (bicyclic) bond motifs is 1. The average molecular weight is 315 g/mol. The van der Waals surface area contributed by atoms with E-state index in [9.17, 15) is 9.59 Å². The fourth-order valence-electron chi connectivity index (χ4n) is 3.81. The Kier molecular flexibility index (Phi) is 3.49. The SMILES string of the molecule is O=C1COc2ccc(C(=O)N3CCC4(CCNC4)CC3)cc2N1. The Hall–Kier alpha value is -2.08. The highest BCUT2D eigenvalue weighted by atomic mass is 16.5. The van der Waals surface area contributed by atoms with Crippen molar-refractivity contribution in [3.05, 3.63) is 23.8 Å². The summed E-state index contributed by atoms with van der Waals surface area (Å²) < 4.78 is 5.34. The van der Waals surface area contributed by atoms with Gasteiger partial charge >= 0.3 is 0 Å². The minimum absolute atomic E-state index is 0.0303. The molecule has 2 amide bonds. The standard InChI is InChI=1S/C17H21N3O3/c21-15-10-23-14-2-1-12(9-13(14)19-15)16(22)20-7-4-17(5-8-20)3-6-18-11-17/h1-2,9,18H,3-8,10-11H2,(H,19,21). The third kappa shape index (κ3) is 2.67. The molecule has 6 heteroatoms. The van der Waals surface area contributed by atoms with Crippen LogP contribution in [0.25, 0.3) is 0 Å². The van der Waals surface area contributed by atoms with Crippen LogP contribution in [0.5, 0.6) is 5.75 Å². The van der Waals surface area contributed by atoms with E-state index in [2.05, 4.69) is 10.6 Å². The molecule has 0 bridgehead atoms. The van der Waals surface area contributed by atoms with Crippen LogP contribution in [0.15, 0.2) is 18.2 Å². The van der Waals surface area contributed by atoms with Crippen molar-refractivity contribution in [3.63, 3.8) is 0 Å². The largest absolute Gasteiger partial charge is 0.482 e. The van der Waals surface area contributed by atoms with E-state index in [1.54, 1.807) is 18.2 Å². The van der Waals surface area contributed by atoms with Gasteiger partial charge in [0.2, 0.25) is 0 Å². The summed E-state index contributed by atoms with van der Waals surface area (Å²) in [7, 11) is 0. The van der Waals surface area contributed by atoms with Crippen molar-refractivity contribution in [2.45, 2.75) is 19.3 Å². The zero-order valence-electron chi connectivity index (χ0n) is 13.1. The topological polar surface area (TPSA) is 70.7 Å². The van der Waals surface area contributed by atoms with Crippen molar-refractivity contribution in [1.29, 1.82) is 0 Å². The number of anilines is 1. The van der Waals surface area contributed by atoms with Gasteiger partial charge in [-0.25, -0.2) is 0 Å². The van der Waals surface area contributed by atoms with E-state index in [-0.39, 0.29) is 18.4 Å². The zero-order chi connectivity index (χ0) is 15.9. The van der Waals surface area contributed by atoms with Crippen LogP contribution in [-0.4, -0.2) is 49.5 Å². The van der Waals surface area contributed by atoms with E-state index in [4.69, 9.17) is 4.74 Å². The van der Waals surface area contributed by atoms with Gasteiger partial charge in [-0.15, -0.1) is 0 Å². The van der Waals surface area contributed by atoms with Crippen molar-refractivity contribution in [1.82, 2.24) is 10.2 Å². The van der Waals surface area contributed by atoms with Gasteiger partial charge in [-0.05, 0) is 49.4 Å². The highest BCUT2D eigenvalue weighted by molar-refractivity contribution is 5.99. The number of nitrogens with zero attached hydrogens (tertiary/aromatic N) is 1. The van der Waals surface area contributed by atoms with Gasteiger partial charge in [0.1, 0.15) is 5.75 Å². The number of ether oxygens (including phenoxy) is 1. The number of hydrogen-bond acceptors (Lipinski definition) is 4. The first-order valence-corrected chi connectivity index (χ1v) is 8.22. The molecule has 1 aromatic rings. The molecule has 0 saturated carbocycles. The lowest BCUT2D eigenvalue weighted by Gasteiger charge is -2.39. The third-order valence-corrected chi connectivity index (χ3v) is 5.30. The Balaban J connectivity index is 1.47. The molecule has 2 saturated heterocycles. The number of likely N-dealkylation sites (tertiary alicyclic amines) is 1. The van der Waals surface area contributed by atoms with E-state index in [0.717, 1.165) is 39.0 Å². The Bertz CT molecular complexity index is 642. The molecule has 4 rings (SSSR count). The molecule has 0 radical (unpaired) electrons. The van der Waals surface area contributed by atoms with E-state index >= 15 is 0 Å². The average Bonchev–Trinajstić information content (AvgIpc) is 3.02. The van der Waals surface area contributed by atoms with Crippen LogP contribution < -0.4 is 15.4 Å². The van der Waals surface area contributed by atoms with E-state index in [1.165, 1.54) is 6.42 Å². The molecular weight excluding hydrogens is 294 g/mol. The number of hydrogen-bond donors (Lipinski definition) is 2. The molecule has 6 nitrogen and oxygen atoms in total. The fraction of sp³-hybridized carbons (Fsp3) is 0.529. The highest BCUT2D eigenvalue weighted by Gasteiger charge is 2.38. The molecule has 23 heavy (non-hydrogen) atoms. The summed E-state index contributed by atoms with van der Waals surface area (Å²) >= 11 is 0. The van der Waals surface area contributed by atoms with E-state index < -0.39 is 0 Å². The molecule has 3 aliphatic heterocycles. The number of rotatable bonds is 1. The van der Waals surface area contributed by atoms with Gasteiger partial charge in [0, 0.05) is 25.2 Å². The molecule has 2 fully saturated rings. The van der Waals surface area contributed by atoms with Crippen LogP contribution in [0.4, 0.5) is 5.69 Å². The minimum atomic E-state index is -0.184. The molecule has 3 aliphatic rings. The van der Waals surface area contributed by atoms with Crippen molar-refractivity contribution >= 4 is 17.5 Å². The summed E-state index contributed by atoms with van der Waals surface area (Å²) in [6.45, 7) is 3.82. The summed E-state index contributed by atoms with van der Waals surface area (Å²) in [6, 6.07) is 5.25. The predicted molar refractivity (Wildman–Crippen MR) is 85.6 cm³/mol. The van der Waals surface area contributed by atoms with Crippen molar-refractivity contribution in [3.8, 4) is 5.75 Å². The number of carbonyl (C=O) groups is 2. The second kappa shape index (κ2) is 5.53. The predicted octanol–water partition coefficient (Wildman–Crippen LogP) is 1.23. The zero-order valence-corrected chi connectivity index (χ0v) is 13.1. The van der Waals surface area contributed by atoms with Crippen LogP contribution in [0.3, 0.4) is 0 Å². The van der Waals surface area contributed by atoms with Gasteiger partial charge in [-0.2, -0.15) is 0 Å². The molecule has 0 aliphatic carbocycles. The second-order valence-corrected chi connectivity index (χ2v) is 6.77. The molecular formula is C17H21N3O3. The van der Waals surface area contributed by atoms with Gasteiger partial charge < -0.3 is 20.3 Å². The van der Waals surface area contributed by atoms with Gasteiger partial charge in [-0.1, -0.05) is 0 Å². The van der Waals surface area contributed by atoms with Crippen LogP contribution in [0.1, 0.15) is 29.6 Å². The first-order valence-electron chi connectivity index (χ1n) is 8.22. The number of carbonyl (C=O) groups excluding carboxylic acids is 2. The first kappa shape index (κ1) is 14.5. The molecule has 3 heterocycles.